The predicted molar refractivity (Wildman–Crippen MR) is 141 cm³/mol. The number of rotatable bonds is 8. The van der Waals surface area contributed by atoms with Crippen molar-refractivity contribution in [2.75, 3.05) is 30.8 Å². The summed E-state index contributed by atoms with van der Waals surface area (Å²) in [6, 6.07) is 22.7. The van der Waals surface area contributed by atoms with Crippen molar-refractivity contribution in [3.05, 3.63) is 89.1 Å². The van der Waals surface area contributed by atoms with Crippen LogP contribution in [-0.2, 0) is 11.3 Å². The second-order valence-corrected chi connectivity index (χ2v) is 9.12. The van der Waals surface area contributed by atoms with Crippen molar-refractivity contribution in [3.8, 4) is 16.9 Å². The first-order chi connectivity index (χ1) is 17.6. The van der Waals surface area contributed by atoms with Gasteiger partial charge in [0.15, 0.2) is 5.69 Å². The number of pyridine rings is 1. The molecule has 0 aliphatic carbocycles. The van der Waals surface area contributed by atoms with Crippen molar-refractivity contribution in [1.82, 2.24) is 20.1 Å². The largest absolute Gasteiger partial charge is 0.384 e. The number of ether oxygens (including phenoxy) is 1. The quantitative estimate of drug-likeness (QED) is 0.326. The van der Waals surface area contributed by atoms with Crippen LogP contribution in [-0.4, -0.2) is 40.4 Å². The number of halogens is 1. The Labute approximate surface area is 214 Å². The normalized spacial score (nSPS) is 15.1. The van der Waals surface area contributed by atoms with Gasteiger partial charge < -0.3 is 21.1 Å². The molecule has 2 aromatic heterocycles. The monoisotopic (exact) mass is 502 g/mol. The van der Waals surface area contributed by atoms with Crippen LogP contribution in [0.25, 0.3) is 16.9 Å². The van der Waals surface area contributed by atoms with E-state index in [-0.39, 0.29) is 5.91 Å². The van der Waals surface area contributed by atoms with Gasteiger partial charge in [-0.15, -0.1) is 0 Å². The lowest BCUT2D eigenvalue weighted by Crippen LogP contribution is -2.29. The average molecular weight is 503 g/mol. The first-order valence-electron chi connectivity index (χ1n) is 11.8. The van der Waals surface area contributed by atoms with E-state index in [2.05, 4.69) is 20.7 Å². The Morgan fingerprint density at radius 3 is 2.75 bits per heavy atom. The summed E-state index contributed by atoms with van der Waals surface area (Å²) in [5, 5.41) is 11.6. The number of nitrogens with two attached hydrogens (primary N) is 1. The molecule has 4 aromatic rings. The number of nitrogens with zero attached hydrogens (tertiary/aromatic N) is 3. The van der Waals surface area contributed by atoms with Gasteiger partial charge >= 0.3 is 0 Å². The molecule has 1 atom stereocenters. The number of carbonyl (C=O) groups is 1. The van der Waals surface area contributed by atoms with Crippen LogP contribution in [0.15, 0.2) is 72.8 Å². The highest BCUT2D eigenvalue weighted by Crippen LogP contribution is 2.26. The molecule has 1 unspecified atom stereocenters. The maximum atomic E-state index is 12.9. The molecule has 2 aromatic carbocycles. The van der Waals surface area contributed by atoms with E-state index in [1.807, 2.05) is 60.7 Å². The third-order valence-corrected chi connectivity index (χ3v) is 6.46. The van der Waals surface area contributed by atoms with E-state index >= 15 is 0 Å². The molecule has 1 aliphatic rings. The van der Waals surface area contributed by atoms with Crippen LogP contribution >= 0.6 is 11.6 Å². The third kappa shape index (κ3) is 5.50. The summed E-state index contributed by atoms with van der Waals surface area (Å²) < 4.78 is 7.13. The van der Waals surface area contributed by atoms with Crippen molar-refractivity contribution in [2.45, 2.75) is 13.0 Å². The molecule has 184 valence electrons. The molecule has 8 nitrogen and oxygen atoms in total. The van der Waals surface area contributed by atoms with E-state index < -0.39 is 0 Å². The molecular formula is C27H27ClN6O2. The molecule has 5 rings (SSSR count). The highest BCUT2D eigenvalue weighted by Gasteiger charge is 2.20. The minimum atomic E-state index is -0.215. The van der Waals surface area contributed by atoms with Crippen LogP contribution in [0.5, 0.6) is 0 Å². The molecule has 1 saturated heterocycles. The predicted octanol–water partition coefficient (Wildman–Crippen LogP) is 4.55. The first kappa shape index (κ1) is 23.8. The number of aromatic nitrogens is 3. The minimum Gasteiger partial charge on any atom is -0.384 e. The topological polar surface area (TPSA) is 107 Å². The first-order valence-corrected chi connectivity index (χ1v) is 12.2. The smallest absolute Gasteiger partial charge is 0.271 e. The fraction of sp³-hybridized carbons (Fsp3) is 0.222. The molecule has 36 heavy (non-hydrogen) atoms. The van der Waals surface area contributed by atoms with Gasteiger partial charge in [-0.05, 0) is 48.4 Å². The number of nitrogens with one attached hydrogen (secondary N) is 2. The Kier molecular flexibility index (Phi) is 7.16. The van der Waals surface area contributed by atoms with Crippen LogP contribution in [0.4, 0.5) is 11.6 Å². The number of amides is 1. The molecule has 0 spiro atoms. The Morgan fingerprint density at radius 2 is 1.97 bits per heavy atom. The molecule has 9 heteroatoms. The highest BCUT2D eigenvalue weighted by atomic mass is 35.5. The van der Waals surface area contributed by atoms with E-state index in [0.717, 1.165) is 35.5 Å². The Balaban J connectivity index is 1.37. The summed E-state index contributed by atoms with van der Waals surface area (Å²) in [6.45, 7) is 2.42. The second-order valence-electron chi connectivity index (χ2n) is 8.71. The zero-order chi connectivity index (χ0) is 24.9. The average Bonchev–Trinajstić information content (AvgIpc) is 3.58. The summed E-state index contributed by atoms with van der Waals surface area (Å²) in [7, 11) is 0. The number of para-hydroxylation sites is 1. The summed E-state index contributed by atoms with van der Waals surface area (Å²) in [5.41, 5.74) is 9.60. The van der Waals surface area contributed by atoms with E-state index in [4.69, 9.17) is 22.1 Å². The van der Waals surface area contributed by atoms with E-state index in [9.17, 15) is 4.79 Å². The third-order valence-electron chi connectivity index (χ3n) is 6.09. The lowest BCUT2D eigenvalue weighted by atomic mass is 10.1. The second kappa shape index (κ2) is 10.8. The van der Waals surface area contributed by atoms with E-state index in [1.165, 1.54) is 0 Å². The zero-order valence-corrected chi connectivity index (χ0v) is 20.4. The highest BCUT2D eigenvalue weighted by molar-refractivity contribution is 6.31. The number of carbonyl (C=O) groups excluding carboxylic acids is 1. The standard InChI is InChI=1S/C27H27ClN6O2/c28-22-10-9-19(23-7-4-8-25(29)32-23)13-20(22)16-30-26-14-24(27(35)31-15-18-11-12-36-17-18)33-34(26)21-5-2-1-3-6-21/h1-10,13-14,18,30H,11-12,15-17H2,(H2,29,32)(H,31,35). The Morgan fingerprint density at radius 1 is 1.11 bits per heavy atom. The van der Waals surface area contributed by atoms with Crippen LogP contribution in [0.2, 0.25) is 5.02 Å². The van der Waals surface area contributed by atoms with Gasteiger partial charge in [-0.1, -0.05) is 41.9 Å². The van der Waals surface area contributed by atoms with Gasteiger partial charge in [0.2, 0.25) is 0 Å². The summed E-state index contributed by atoms with van der Waals surface area (Å²) in [5.74, 6) is 1.26. The molecule has 0 saturated carbocycles. The lowest BCUT2D eigenvalue weighted by molar-refractivity contribution is 0.0939. The molecule has 0 bridgehead atoms. The number of anilines is 2. The maximum absolute atomic E-state index is 12.9. The molecule has 1 fully saturated rings. The van der Waals surface area contributed by atoms with Gasteiger partial charge in [0.25, 0.3) is 5.91 Å². The Hall–Kier alpha value is -3.88. The number of benzene rings is 2. The van der Waals surface area contributed by atoms with Crippen molar-refractivity contribution in [3.63, 3.8) is 0 Å². The summed E-state index contributed by atoms with van der Waals surface area (Å²) in [4.78, 5) is 17.3. The van der Waals surface area contributed by atoms with Crippen molar-refractivity contribution >= 4 is 29.1 Å². The fourth-order valence-electron chi connectivity index (χ4n) is 4.12. The van der Waals surface area contributed by atoms with Crippen molar-refractivity contribution in [1.29, 1.82) is 0 Å². The Bertz CT molecular complexity index is 1350. The van der Waals surface area contributed by atoms with Gasteiger partial charge in [0.05, 0.1) is 18.0 Å². The maximum Gasteiger partial charge on any atom is 0.271 e. The number of nitrogen functional groups attached to an aromatic ring is 1. The molecule has 1 amide bonds. The van der Waals surface area contributed by atoms with Crippen LogP contribution < -0.4 is 16.4 Å². The van der Waals surface area contributed by atoms with Crippen LogP contribution in [0, 0.1) is 5.92 Å². The van der Waals surface area contributed by atoms with Gasteiger partial charge in [-0.25, -0.2) is 9.67 Å². The molecule has 0 radical (unpaired) electrons. The van der Waals surface area contributed by atoms with Gasteiger partial charge in [-0.3, -0.25) is 4.79 Å². The summed E-state index contributed by atoms with van der Waals surface area (Å²) in [6.07, 6.45) is 0.955. The van der Waals surface area contributed by atoms with Crippen LogP contribution in [0.1, 0.15) is 22.5 Å². The van der Waals surface area contributed by atoms with Crippen molar-refractivity contribution < 1.29 is 9.53 Å². The molecule has 1 aliphatic heterocycles. The number of hydrogen-bond acceptors (Lipinski definition) is 6. The minimum absolute atomic E-state index is 0.215. The fourth-order valence-corrected chi connectivity index (χ4v) is 4.31. The lowest BCUT2D eigenvalue weighted by Gasteiger charge is -2.12. The SMILES string of the molecule is Nc1cccc(-c2ccc(Cl)c(CNc3cc(C(=O)NCC4CCOC4)nn3-c3ccccc3)c2)n1. The molecular weight excluding hydrogens is 476 g/mol. The van der Waals surface area contributed by atoms with Gasteiger partial charge in [0.1, 0.15) is 11.6 Å². The number of hydrogen-bond donors (Lipinski definition) is 3. The van der Waals surface area contributed by atoms with E-state index in [1.54, 1.807) is 16.8 Å². The van der Waals surface area contributed by atoms with Crippen LogP contribution in [0.3, 0.4) is 0 Å². The van der Waals surface area contributed by atoms with Gasteiger partial charge in [-0.2, -0.15) is 5.10 Å². The van der Waals surface area contributed by atoms with Crippen molar-refractivity contribution in [2.24, 2.45) is 5.92 Å². The van der Waals surface area contributed by atoms with E-state index in [0.29, 0.717) is 48.0 Å². The van der Waals surface area contributed by atoms with Gasteiger partial charge in [0, 0.05) is 42.3 Å². The molecule has 4 N–H and O–H groups in total. The summed E-state index contributed by atoms with van der Waals surface area (Å²) >= 11 is 6.52. The molecule has 3 heterocycles. The zero-order valence-electron chi connectivity index (χ0n) is 19.7.